The van der Waals surface area contributed by atoms with Crippen LogP contribution in [0.5, 0.6) is 0 Å². The molecule has 4 heterocycles. The van der Waals surface area contributed by atoms with Gasteiger partial charge in [-0.25, -0.2) is 4.98 Å². The van der Waals surface area contributed by atoms with Crippen molar-refractivity contribution in [1.82, 2.24) is 14.8 Å². The number of nitrogens with zero attached hydrogens (tertiary/aromatic N) is 4. The maximum Gasteiger partial charge on any atom is 0.289 e. The molecule has 4 rings (SSSR count). The lowest BCUT2D eigenvalue weighted by atomic mass is 10.2. The number of piperazine rings is 1. The molecule has 2 aliphatic heterocycles. The Bertz CT molecular complexity index is 777. The number of morpholine rings is 1. The minimum Gasteiger partial charge on any atom is -0.459 e. The van der Waals surface area contributed by atoms with Crippen LogP contribution in [0.25, 0.3) is 0 Å². The van der Waals surface area contributed by atoms with Crippen LogP contribution in [0.4, 0.5) is 5.82 Å². The summed E-state index contributed by atoms with van der Waals surface area (Å²) in [6, 6.07) is 7.09. The normalized spacial score (nSPS) is 17.9. The fraction of sp³-hybridized carbons (Fsp3) is 0.421. The summed E-state index contributed by atoms with van der Waals surface area (Å²) >= 11 is 0. The smallest absolute Gasteiger partial charge is 0.289 e. The minimum atomic E-state index is -0.0842. The lowest BCUT2D eigenvalue weighted by Gasteiger charge is -2.35. The molecule has 0 saturated carbocycles. The molecule has 0 aromatic carbocycles. The molecule has 0 aliphatic carbocycles. The van der Waals surface area contributed by atoms with Gasteiger partial charge in [0.25, 0.3) is 11.8 Å². The topological polar surface area (TPSA) is 79.1 Å². The molecule has 0 atom stereocenters. The van der Waals surface area contributed by atoms with Crippen molar-refractivity contribution < 1.29 is 18.7 Å². The first kappa shape index (κ1) is 17.5. The number of rotatable bonds is 3. The third-order valence-corrected chi connectivity index (χ3v) is 4.92. The number of carbonyl (C=O) groups is 2. The van der Waals surface area contributed by atoms with E-state index in [2.05, 4.69) is 9.88 Å². The molecule has 2 aromatic heterocycles. The van der Waals surface area contributed by atoms with E-state index in [4.69, 9.17) is 9.15 Å². The largest absolute Gasteiger partial charge is 0.459 e. The molecular weight excluding hydrogens is 348 g/mol. The van der Waals surface area contributed by atoms with Crippen molar-refractivity contribution in [3.63, 3.8) is 0 Å². The van der Waals surface area contributed by atoms with Crippen LogP contribution in [0, 0.1) is 0 Å². The second-order valence-electron chi connectivity index (χ2n) is 6.57. The first-order valence-electron chi connectivity index (χ1n) is 9.13. The molecule has 142 valence electrons. The zero-order chi connectivity index (χ0) is 18.6. The highest BCUT2D eigenvalue weighted by Gasteiger charge is 2.25. The Morgan fingerprint density at radius 2 is 1.63 bits per heavy atom. The second-order valence-corrected chi connectivity index (χ2v) is 6.57. The van der Waals surface area contributed by atoms with Crippen LogP contribution in [0.15, 0.2) is 41.1 Å². The van der Waals surface area contributed by atoms with Gasteiger partial charge < -0.3 is 23.9 Å². The molecule has 0 unspecified atom stereocenters. The molecule has 8 heteroatoms. The van der Waals surface area contributed by atoms with Crippen molar-refractivity contribution in [3.05, 3.63) is 48.0 Å². The summed E-state index contributed by atoms with van der Waals surface area (Å²) in [4.78, 5) is 35.0. The Balaban J connectivity index is 1.34. The Morgan fingerprint density at radius 1 is 0.889 bits per heavy atom. The number of carbonyl (C=O) groups excluding carboxylic acids is 2. The van der Waals surface area contributed by atoms with Crippen molar-refractivity contribution in [2.45, 2.75) is 0 Å². The van der Waals surface area contributed by atoms with E-state index >= 15 is 0 Å². The molecule has 2 amide bonds. The maximum atomic E-state index is 12.5. The van der Waals surface area contributed by atoms with Crippen molar-refractivity contribution >= 4 is 17.6 Å². The standard InChI is InChI=1S/C19H22N4O4/c24-18(23-9-12-26-13-10-23)15-3-4-17(20-14-15)21-5-7-22(8-6-21)19(25)16-2-1-11-27-16/h1-4,11,14H,5-10,12-13H2. The molecule has 0 bridgehead atoms. The van der Waals surface area contributed by atoms with Crippen LogP contribution in [0.1, 0.15) is 20.9 Å². The van der Waals surface area contributed by atoms with Crippen molar-refractivity contribution in [1.29, 1.82) is 0 Å². The van der Waals surface area contributed by atoms with Crippen LogP contribution in [0.2, 0.25) is 0 Å². The highest BCUT2D eigenvalue weighted by atomic mass is 16.5. The third-order valence-electron chi connectivity index (χ3n) is 4.92. The number of hydrogen-bond donors (Lipinski definition) is 0. The van der Waals surface area contributed by atoms with Crippen molar-refractivity contribution in [2.24, 2.45) is 0 Å². The second kappa shape index (κ2) is 7.79. The summed E-state index contributed by atoms with van der Waals surface area (Å²) in [5, 5.41) is 0. The van der Waals surface area contributed by atoms with Crippen LogP contribution >= 0.6 is 0 Å². The summed E-state index contributed by atoms with van der Waals surface area (Å²) < 4.78 is 10.5. The SMILES string of the molecule is O=C(c1ccc(N2CCN(C(=O)c3ccco3)CC2)nc1)N1CCOCC1. The minimum absolute atomic E-state index is 0.00814. The molecule has 2 aliphatic rings. The van der Waals surface area contributed by atoms with Gasteiger partial charge in [-0.15, -0.1) is 0 Å². The molecule has 2 fully saturated rings. The number of amides is 2. The van der Waals surface area contributed by atoms with E-state index in [1.807, 2.05) is 12.1 Å². The highest BCUT2D eigenvalue weighted by Crippen LogP contribution is 2.17. The van der Waals surface area contributed by atoms with Gasteiger partial charge in [0, 0.05) is 45.5 Å². The molecule has 0 radical (unpaired) electrons. The quantitative estimate of drug-likeness (QED) is 0.805. The number of pyridine rings is 1. The van der Waals surface area contributed by atoms with Crippen molar-refractivity contribution in [3.8, 4) is 0 Å². The van der Waals surface area contributed by atoms with Gasteiger partial charge in [-0.2, -0.15) is 0 Å². The van der Waals surface area contributed by atoms with E-state index in [0.717, 1.165) is 5.82 Å². The zero-order valence-corrected chi connectivity index (χ0v) is 15.0. The van der Waals surface area contributed by atoms with Crippen LogP contribution in [0.3, 0.4) is 0 Å². The molecular formula is C19H22N4O4. The highest BCUT2D eigenvalue weighted by molar-refractivity contribution is 5.94. The maximum absolute atomic E-state index is 12.5. The van der Waals surface area contributed by atoms with Gasteiger partial charge in [0.05, 0.1) is 25.0 Å². The van der Waals surface area contributed by atoms with E-state index in [1.54, 1.807) is 28.1 Å². The fourth-order valence-corrected chi connectivity index (χ4v) is 3.34. The Labute approximate surface area is 157 Å². The summed E-state index contributed by atoms with van der Waals surface area (Å²) in [6.45, 7) is 4.99. The summed E-state index contributed by atoms with van der Waals surface area (Å²) in [7, 11) is 0. The van der Waals surface area contributed by atoms with E-state index in [0.29, 0.717) is 63.8 Å². The summed E-state index contributed by atoms with van der Waals surface area (Å²) in [6.07, 6.45) is 3.14. The number of anilines is 1. The fourth-order valence-electron chi connectivity index (χ4n) is 3.34. The number of furan rings is 1. The van der Waals surface area contributed by atoms with Gasteiger partial charge in [0.1, 0.15) is 5.82 Å². The van der Waals surface area contributed by atoms with Crippen molar-refractivity contribution in [2.75, 3.05) is 57.4 Å². The first-order chi connectivity index (χ1) is 13.2. The number of hydrogen-bond acceptors (Lipinski definition) is 6. The van der Waals surface area contributed by atoms with E-state index in [9.17, 15) is 9.59 Å². The Kier molecular flexibility index (Phi) is 5.06. The van der Waals surface area contributed by atoms with Gasteiger partial charge in [0.2, 0.25) is 0 Å². The van der Waals surface area contributed by atoms with Crippen LogP contribution < -0.4 is 4.90 Å². The lowest BCUT2D eigenvalue weighted by Crippen LogP contribution is -2.49. The summed E-state index contributed by atoms with van der Waals surface area (Å²) in [5.41, 5.74) is 0.590. The van der Waals surface area contributed by atoms with E-state index < -0.39 is 0 Å². The Hall–Kier alpha value is -2.87. The third kappa shape index (κ3) is 3.80. The molecule has 27 heavy (non-hydrogen) atoms. The monoisotopic (exact) mass is 370 g/mol. The first-order valence-corrected chi connectivity index (χ1v) is 9.13. The molecule has 0 N–H and O–H groups in total. The lowest BCUT2D eigenvalue weighted by molar-refractivity contribution is 0.0302. The van der Waals surface area contributed by atoms with E-state index in [1.165, 1.54) is 6.26 Å². The molecule has 2 saturated heterocycles. The Morgan fingerprint density at radius 3 is 2.26 bits per heavy atom. The number of aromatic nitrogens is 1. The molecule has 0 spiro atoms. The van der Waals surface area contributed by atoms with Gasteiger partial charge in [-0.05, 0) is 24.3 Å². The predicted octanol–water partition coefficient (Wildman–Crippen LogP) is 1.11. The average Bonchev–Trinajstić information content (AvgIpc) is 3.28. The van der Waals surface area contributed by atoms with Gasteiger partial charge in [-0.3, -0.25) is 9.59 Å². The van der Waals surface area contributed by atoms with Gasteiger partial charge in [-0.1, -0.05) is 0 Å². The van der Waals surface area contributed by atoms with Gasteiger partial charge in [0.15, 0.2) is 5.76 Å². The van der Waals surface area contributed by atoms with Gasteiger partial charge >= 0.3 is 0 Å². The predicted molar refractivity (Wildman–Crippen MR) is 97.8 cm³/mol. The number of ether oxygens (including phenoxy) is 1. The average molecular weight is 370 g/mol. The summed E-state index contributed by atoms with van der Waals surface area (Å²) in [5.74, 6) is 1.09. The van der Waals surface area contributed by atoms with Crippen LogP contribution in [-0.2, 0) is 4.74 Å². The van der Waals surface area contributed by atoms with E-state index in [-0.39, 0.29) is 11.8 Å². The zero-order valence-electron chi connectivity index (χ0n) is 15.0. The molecule has 8 nitrogen and oxygen atoms in total. The van der Waals surface area contributed by atoms with Crippen LogP contribution in [-0.4, -0.2) is 79.1 Å². The molecule has 2 aromatic rings.